The SMILES string of the molecule is CC(C)(CSc1ncns1)C(=O)O. The van der Waals surface area contributed by atoms with Gasteiger partial charge in [0, 0.05) is 5.75 Å². The summed E-state index contributed by atoms with van der Waals surface area (Å²) in [4.78, 5) is 14.7. The number of carboxylic acid groups (broad SMARTS) is 1. The van der Waals surface area contributed by atoms with E-state index in [1.165, 1.54) is 29.6 Å². The first-order chi connectivity index (χ1) is 6.02. The summed E-state index contributed by atoms with van der Waals surface area (Å²) in [5, 5.41) is 8.82. The summed E-state index contributed by atoms with van der Waals surface area (Å²) in [5.74, 6) is -0.276. The third-order valence-corrected chi connectivity index (χ3v) is 3.73. The Kier molecular flexibility index (Phi) is 3.27. The maximum Gasteiger partial charge on any atom is 0.309 e. The lowest BCUT2D eigenvalue weighted by Crippen LogP contribution is -2.26. The molecule has 0 aliphatic rings. The van der Waals surface area contributed by atoms with Crippen molar-refractivity contribution >= 4 is 29.3 Å². The summed E-state index contributed by atoms with van der Waals surface area (Å²) in [7, 11) is 0. The molecule has 0 radical (unpaired) electrons. The van der Waals surface area contributed by atoms with E-state index in [0.29, 0.717) is 5.75 Å². The topological polar surface area (TPSA) is 63.1 Å². The van der Waals surface area contributed by atoms with E-state index in [-0.39, 0.29) is 0 Å². The van der Waals surface area contributed by atoms with Gasteiger partial charge in [-0.3, -0.25) is 4.79 Å². The Morgan fingerprint density at radius 1 is 1.77 bits per heavy atom. The molecule has 0 unspecified atom stereocenters. The molecule has 0 bridgehead atoms. The second-order valence-corrected chi connectivity index (χ2v) is 5.19. The lowest BCUT2D eigenvalue weighted by atomic mass is 9.97. The molecule has 1 rings (SSSR count). The van der Waals surface area contributed by atoms with Gasteiger partial charge in [0.05, 0.1) is 5.41 Å². The van der Waals surface area contributed by atoms with Crippen molar-refractivity contribution in [3.05, 3.63) is 6.33 Å². The average molecular weight is 218 g/mol. The van der Waals surface area contributed by atoms with Crippen molar-refractivity contribution in [3.8, 4) is 0 Å². The fraction of sp³-hybridized carbons (Fsp3) is 0.571. The van der Waals surface area contributed by atoms with Gasteiger partial charge in [-0.2, -0.15) is 4.37 Å². The molecule has 1 heterocycles. The van der Waals surface area contributed by atoms with Gasteiger partial charge in [-0.05, 0) is 25.4 Å². The molecule has 0 aromatic carbocycles. The first kappa shape index (κ1) is 10.5. The van der Waals surface area contributed by atoms with Crippen molar-refractivity contribution in [2.24, 2.45) is 5.41 Å². The predicted octanol–water partition coefficient (Wildman–Crippen LogP) is 1.74. The maximum absolute atomic E-state index is 10.7. The first-order valence-corrected chi connectivity index (χ1v) is 5.41. The second kappa shape index (κ2) is 4.06. The molecule has 1 N–H and O–H groups in total. The quantitative estimate of drug-likeness (QED) is 0.780. The Morgan fingerprint density at radius 3 is 2.92 bits per heavy atom. The number of thioether (sulfide) groups is 1. The van der Waals surface area contributed by atoms with E-state index in [9.17, 15) is 4.79 Å². The van der Waals surface area contributed by atoms with E-state index >= 15 is 0 Å². The van der Waals surface area contributed by atoms with E-state index in [1.54, 1.807) is 13.8 Å². The number of carbonyl (C=O) groups is 1. The van der Waals surface area contributed by atoms with Gasteiger partial charge < -0.3 is 5.11 Å². The normalized spacial score (nSPS) is 11.5. The first-order valence-electron chi connectivity index (χ1n) is 3.65. The average Bonchev–Trinajstić information content (AvgIpc) is 2.52. The summed E-state index contributed by atoms with van der Waals surface area (Å²) in [6.07, 6.45) is 1.47. The molecule has 0 atom stereocenters. The van der Waals surface area contributed by atoms with Crippen LogP contribution in [-0.4, -0.2) is 26.2 Å². The van der Waals surface area contributed by atoms with E-state index in [0.717, 1.165) is 4.34 Å². The number of aromatic nitrogens is 2. The summed E-state index contributed by atoms with van der Waals surface area (Å²) in [6, 6.07) is 0. The van der Waals surface area contributed by atoms with Gasteiger partial charge in [0.25, 0.3) is 0 Å². The van der Waals surface area contributed by atoms with E-state index in [2.05, 4.69) is 9.36 Å². The zero-order valence-electron chi connectivity index (χ0n) is 7.35. The van der Waals surface area contributed by atoms with Crippen LogP contribution in [0.2, 0.25) is 0 Å². The molecule has 0 fully saturated rings. The maximum atomic E-state index is 10.7. The van der Waals surface area contributed by atoms with Crippen molar-refractivity contribution in [3.63, 3.8) is 0 Å². The van der Waals surface area contributed by atoms with Gasteiger partial charge in [0.2, 0.25) is 0 Å². The fourth-order valence-corrected chi connectivity index (χ4v) is 2.06. The number of rotatable bonds is 4. The number of carboxylic acids is 1. The summed E-state index contributed by atoms with van der Waals surface area (Å²) < 4.78 is 4.64. The third-order valence-electron chi connectivity index (χ3n) is 1.48. The van der Waals surface area contributed by atoms with Crippen molar-refractivity contribution in [1.82, 2.24) is 9.36 Å². The van der Waals surface area contributed by atoms with Gasteiger partial charge in [0.1, 0.15) is 6.33 Å². The van der Waals surface area contributed by atoms with Crippen LogP contribution in [0.3, 0.4) is 0 Å². The Hall–Kier alpha value is -0.620. The van der Waals surface area contributed by atoms with Gasteiger partial charge >= 0.3 is 5.97 Å². The smallest absolute Gasteiger partial charge is 0.309 e. The van der Waals surface area contributed by atoms with Crippen LogP contribution in [-0.2, 0) is 4.79 Å². The van der Waals surface area contributed by atoms with E-state index < -0.39 is 11.4 Å². The third kappa shape index (κ3) is 2.96. The molecule has 72 valence electrons. The zero-order chi connectivity index (χ0) is 9.90. The molecule has 4 nitrogen and oxygen atoms in total. The molecule has 0 amide bonds. The Labute approximate surface area is 84.6 Å². The van der Waals surface area contributed by atoms with Gasteiger partial charge in [0.15, 0.2) is 4.34 Å². The fourth-order valence-electron chi connectivity index (χ4n) is 0.530. The molecule has 6 heteroatoms. The molecule has 0 saturated heterocycles. The minimum atomic E-state index is -0.787. The largest absolute Gasteiger partial charge is 0.481 e. The summed E-state index contributed by atoms with van der Waals surface area (Å²) in [6.45, 7) is 3.40. The molecule has 0 aliphatic carbocycles. The summed E-state index contributed by atoms with van der Waals surface area (Å²) in [5.41, 5.74) is -0.712. The van der Waals surface area contributed by atoms with Crippen LogP contribution < -0.4 is 0 Å². The monoisotopic (exact) mass is 218 g/mol. The number of hydrogen-bond acceptors (Lipinski definition) is 5. The molecule has 1 aromatic rings. The molecular formula is C7H10N2O2S2. The van der Waals surface area contributed by atoms with Crippen molar-refractivity contribution in [1.29, 1.82) is 0 Å². The minimum Gasteiger partial charge on any atom is -0.481 e. The molecule has 1 aromatic heterocycles. The lowest BCUT2D eigenvalue weighted by Gasteiger charge is -2.16. The van der Waals surface area contributed by atoms with Crippen LogP contribution in [0.15, 0.2) is 10.7 Å². The highest BCUT2D eigenvalue weighted by Crippen LogP contribution is 2.27. The van der Waals surface area contributed by atoms with Gasteiger partial charge in [-0.25, -0.2) is 4.98 Å². The van der Waals surface area contributed by atoms with Crippen molar-refractivity contribution < 1.29 is 9.90 Å². The van der Waals surface area contributed by atoms with Crippen molar-refractivity contribution in [2.75, 3.05) is 5.75 Å². The number of nitrogens with zero attached hydrogens (tertiary/aromatic N) is 2. The Bertz CT molecular complexity index is 285. The van der Waals surface area contributed by atoms with E-state index in [1.807, 2.05) is 0 Å². The standard InChI is InChI=1S/C7H10N2O2S2/c1-7(2,5(10)11)3-12-6-8-4-9-13-6/h4H,3H2,1-2H3,(H,10,11). The number of hydrogen-bond donors (Lipinski definition) is 1. The Morgan fingerprint density at radius 2 is 2.46 bits per heavy atom. The van der Waals surface area contributed by atoms with Crippen LogP contribution in [0.5, 0.6) is 0 Å². The predicted molar refractivity (Wildman–Crippen MR) is 52.0 cm³/mol. The highest BCUT2D eigenvalue weighted by molar-refractivity contribution is 8.00. The second-order valence-electron chi connectivity index (χ2n) is 3.18. The molecule has 0 spiro atoms. The van der Waals surface area contributed by atoms with Gasteiger partial charge in [-0.15, -0.1) is 0 Å². The summed E-state index contributed by atoms with van der Waals surface area (Å²) >= 11 is 2.71. The molecule has 13 heavy (non-hydrogen) atoms. The lowest BCUT2D eigenvalue weighted by molar-refractivity contribution is -0.145. The highest BCUT2D eigenvalue weighted by Gasteiger charge is 2.27. The van der Waals surface area contributed by atoms with Crippen molar-refractivity contribution in [2.45, 2.75) is 18.2 Å². The van der Waals surface area contributed by atoms with Crippen LogP contribution >= 0.6 is 23.3 Å². The highest BCUT2D eigenvalue weighted by atomic mass is 32.2. The number of aliphatic carboxylic acids is 1. The molecular weight excluding hydrogens is 208 g/mol. The van der Waals surface area contributed by atoms with Crippen LogP contribution in [0.25, 0.3) is 0 Å². The minimum absolute atomic E-state index is 0.511. The van der Waals surface area contributed by atoms with Gasteiger partial charge in [-0.1, -0.05) is 11.8 Å². The van der Waals surface area contributed by atoms with Crippen LogP contribution in [0.4, 0.5) is 0 Å². The zero-order valence-corrected chi connectivity index (χ0v) is 8.98. The molecule has 0 aliphatic heterocycles. The molecule has 0 saturated carbocycles. The van der Waals surface area contributed by atoms with Crippen LogP contribution in [0.1, 0.15) is 13.8 Å². The van der Waals surface area contributed by atoms with E-state index in [4.69, 9.17) is 5.11 Å². The Balaban J connectivity index is 2.47. The van der Waals surface area contributed by atoms with Crippen LogP contribution in [0, 0.1) is 5.41 Å².